The number of anilines is 1. The summed E-state index contributed by atoms with van der Waals surface area (Å²) in [4.78, 5) is 40.7. The highest BCUT2D eigenvalue weighted by Crippen LogP contribution is 2.40. The molecule has 13 nitrogen and oxygen atoms in total. The van der Waals surface area contributed by atoms with E-state index >= 15 is 0 Å². The maximum Gasteiger partial charge on any atom is 0.248 e. The standard InChI is InChI=1S/C25H35N7O6S/c1-25(2,3)22(32-14-19(29-30-32)15-8-9-15)24(36)31-13-17(33)11-20(31)23(35)27-12-21(34)28-16-6-5-7-18(10-16)39(37,38)26-4/h5-7,10,14-15,17,20,22,26,33H,8-9,11-13H2,1-4H3,(H,27,35)(H,28,34)/t17-,20+,22-/m1/s1. The number of amides is 3. The van der Waals surface area contributed by atoms with E-state index in [0.29, 0.717) is 5.92 Å². The van der Waals surface area contributed by atoms with Crippen LogP contribution in [-0.2, 0) is 24.4 Å². The highest BCUT2D eigenvalue weighted by molar-refractivity contribution is 7.89. The van der Waals surface area contributed by atoms with Crippen molar-refractivity contribution in [2.75, 3.05) is 25.5 Å². The van der Waals surface area contributed by atoms with Crippen LogP contribution in [0.25, 0.3) is 0 Å². The number of hydrogen-bond acceptors (Lipinski definition) is 8. The van der Waals surface area contributed by atoms with Gasteiger partial charge in [-0.3, -0.25) is 14.4 Å². The van der Waals surface area contributed by atoms with Gasteiger partial charge in [-0.15, -0.1) is 5.10 Å². The quantitative estimate of drug-likeness (QED) is 0.339. The summed E-state index contributed by atoms with van der Waals surface area (Å²) in [5.41, 5.74) is 0.521. The molecule has 1 saturated heterocycles. The Hall–Kier alpha value is -3.36. The minimum Gasteiger partial charge on any atom is -0.391 e. The average molecular weight is 562 g/mol. The Morgan fingerprint density at radius 2 is 1.92 bits per heavy atom. The molecule has 39 heavy (non-hydrogen) atoms. The molecule has 1 aliphatic heterocycles. The number of aliphatic hydroxyl groups is 1. The lowest BCUT2D eigenvalue weighted by atomic mass is 9.85. The number of sulfonamides is 1. The molecule has 2 heterocycles. The first kappa shape index (κ1) is 28.6. The van der Waals surface area contributed by atoms with Crippen molar-refractivity contribution in [3.8, 4) is 0 Å². The zero-order chi connectivity index (χ0) is 28.5. The summed E-state index contributed by atoms with van der Waals surface area (Å²) in [5.74, 6) is -1.16. The number of hydrogen-bond donors (Lipinski definition) is 4. The summed E-state index contributed by atoms with van der Waals surface area (Å²) in [6, 6.07) is 3.97. The Morgan fingerprint density at radius 1 is 1.21 bits per heavy atom. The Morgan fingerprint density at radius 3 is 2.56 bits per heavy atom. The summed E-state index contributed by atoms with van der Waals surface area (Å²) in [6.07, 6.45) is 3.01. The van der Waals surface area contributed by atoms with Crippen LogP contribution in [0.15, 0.2) is 35.4 Å². The number of β-amino-alcohol motifs (C(OH)–C–C–N with tert-alkyl or cyclic N) is 1. The van der Waals surface area contributed by atoms with E-state index in [2.05, 4.69) is 25.7 Å². The number of aromatic nitrogens is 3. The second kappa shape index (κ2) is 11.0. The normalized spacial score (nSPS) is 20.5. The van der Waals surface area contributed by atoms with Crippen LogP contribution >= 0.6 is 0 Å². The van der Waals surface area contributed by atoms with Crippen molar-refractivity contribution < 1.29 is 27.9 Å². The summed E-state index contributed by atoms with van der Waals surface area (Å²) < 4.78 is 27.8. The van der Waals surface area contributed by atoms with Gasteiger partial charge in [0.05, 0.1) is 23.2 Å². The molecule has 2 aromatic rings. The van der Waals surface area contributed by atoms with Gasteiger partial charge in [-0.1, -0.05) is 32.1 Å². The molecule has 1 saturated carbocycles. The molecule has 14 heteroatoms. The van der Waals surface area contributed by atoms with Crippen LogP contribution in [0.1, 0.15) is 57.7 Å². The van der Waals surface area contributed by atoms with E-state index in [1.807, 2.05) is 20.8 Å². The summed E-state index contributed by atoms with van der Waals surface area (Å²) in [7, 11) is -2.41. The van der Waals surface area contributed by atoms with Crippen LogP contribution in [0.2, 0.25) is 0 Å². The maximum atomic E-state index is 13.8. The maximum absolute atomic E-state index is 13.8. The van der Waals surface area contributed by atoms with Crippen molar-refractivity contribution in [3.63, 3.8) is 0 Å². The molecular weight excluding hydrogens is 526 g/mol. The van der Waals surface area contributed by atoms with Gasteiger partial charge in [0.2, 0.25) is 27.7 Å². The van der Waals surface area contributed by atoms with Crippen molar-refractivity contribution in [1.82, 2.24) is 29.9 Å². The third kappa shape index (κ3) is 6.62. The number of likely N-dealkylation sites (tertiary alicyclic amines) is 1. The number of rotatable bonds is 9. The molecule has 1 aromatic carbocycles. The first-order valence-electron chi connectivity index (χ1n) is 12.8. The molecule has 0 bridgehead atoms. The predicted molar refractivity (Wildman–Crippen MR) is 141 cm³/mol. The molecule has 0 spiro atoms. The van der Waals surface area contributed by atoms with Crippen LogP contribution in [0.3, 0.4) is 0 Å². The van der Waals surface area contributed by atoms with Crippen molar-refractivity contribution in [2.45, 2.75) is 69.0 Å². The van der Waals surface area contributed by atoms with E-state index in [9.17, 15) is 27.9 Å². The number of benzene rings is 1. The Bertz CT molecular complexity index is 1350. The molecule has 1 aliphatic carbocycles. The van der Waals surface area contributed by atoms with Gasteiger partial charge in [-0.2, -0.15) is 0 Å². The number of nitrogens with zero attached hydrogens (tertiary/aromatic N) is 4. The van der Waals surface area contributed by atoms with Gasteiger partial charge in [0.25, 0.3) is 0 Å². The Labute approximate surface area is 227 Å². The molecule has 2 aliphatic rings. The topological polar surface area (TPSA) is 176 Å². The fourth-order valence-electron chi connectivity index (χ4n) is 4.68. The molecule has 3 atom stereocenters. The highest BCUT2D eigenvalue weighted by atomic mass is 32.2. The van der Waals surface area contributed by atoms with E-state index < -0.39 is 52.0 Å². The lowest BCUT2D eigenvalue weighted by Gasteiger charge is -2.34. The van der Waals surface area contributed by atoms with Gasteiger partial charge >= 0.3 is 0 Å². The molecule has 0 unspecified atom stereocenters. The Balaban J connectivity index is 1.42. The lowest BCUT2D eigenvalue weighted by molar-refractivity contribution is -0.144. The monoisotopic (exact) mass is 561 g/mol. The summed E-state index contributed by atoms with van der Waals surface area (Å²) in [5, 5.41) is 23.9. The van der Waals surface area contributed by atoms with Gasteiger partial charge in [0.15, 0.2) is 0 Å². The summed E-state index contributed by atoms with van der Waals surface area (Å²) >= 11 is 0. The third-order valence-electron chi connectivity index (χ3n) is 6.83. The van der Waals surface area contributed by atoms with Crippen LogP contribution in [0, 0.1) is 5.41 Å². The van der Waals surface area contributed by atoms with Crippen LogP contribution in [0.5, 0.6) is 0 Å². The van der Waals surface area contributed by atoms with Gasteiger partial charge in [0, 0.05) is 30.8 Å². The van der Waals surface area contributed by atoms with E-state index in [-0.39, 0.29) is 29.5 Å². The zero-order valence-electron chi connectivity index (χ0n) is 22.4. The number of carbonyl (C=O) groups is 3. The van der Waals surface area contributed by atoms with Crippen molar-refractivity contribution in [2.24, 2.45) is 5.41 Å². The number of carbonyl (C=O) groups excluding carboxylic acids is 3. The molecule has 212 valence electrons. The van der Waals surface area contributed by atoms with Crippen LogP contribution < -0.4 is 15.4 Å². The molecule has 3 amide bonds. The van der Waals surface area contributed by atoms with E-state index in [0.717, 1.165) is 18.5 Å². The minimum absolute atomic E-state index is 0.0212. The smallest absolute Gasteiger partial charge is 0.248 e. The molecule has 0 radical (unpaired) electrons. The van der Waals surface area contributed by atoms with Crippen molar-refractivity contribution in [1.29, 1.82) is 0 Å². The predicted octanol–water partition coefficient (Wildman–Crippen LogP) is 0.368. The van der Waals surface area contributed by atoms with E-state index in [4.69, 9.17) is 0 Å². The van der Waals surface area contributed by atoms with Crippen molar-refractivity contribution >= 4 is 33.4 Å². The number of nitrogens with one attached hydrogen (secondary N) is 3. The van der Waals surface area contributed by atoms with Gasteiger partial charge in [-0.25, -0.2) is 17.8 Å². The van der Waals surface area contributed by atoms with E-state index in [1.165, 1.54) is 36.2 Å². The van der Waals surface area contributed by atoms with Gasteiger partial charge < -0.3 is 20.6 Å². The SMILES string of the molecule is CNS(=O)(=O)c1cccc(NC(=O)CNC(=O)[C@@H]2C[C@@H](O)CN2C(=O)[C@@H](n2cc(C3CC3)nn2)C(C)(C)C)c1. The molecule has 2 fully saturated rings. The van der Waals surface area contributed by atoms with Gasteiger partial charge in [-0.05, 0) is 43.5 Å². The molecule has 1 aromatic heterocycles. The first-order valence-corrected chi connectivity index (χ1v) is 14.3. The fourth-order valence-corrected chi connectivity index (χ4v) is 5.45. The van der Waals surface area contributed by atoms with Crippen molar-refractivity contribution in [3.05, 3.63) is 36.2 Å². The zero-order valence-corrected chi connectivity index (χ0v) is 23.2. The summed E-state index contributed by atoms with van der Waals surface area (Å²) in [6.45, 7) is 5.27. The average Bonchev–Trinajstić information content (AvgIpc) is 3.48. The van der Waals surface area contributed by atoms with Crippen LogP contribution in [0.4, 0.5) is 5.69 Å². The third-order valence-corrected chi connectivity index (χ3v) is 8.24. The second-order valence-electron chi connectivity index (χ2n) is 11.1. The van der Waals surface area contributed by atoms with Crippen LogP contribution in [-0.4, -0.2) is 83.4 Å². The minimum atomic E-state index is -3.69. The molecular formula is C25H35N7O6S. The Kier molecular flexibility index (Phi) is 8.09. The molecule has 4 rings (SSSR count). The second-order valence-corrected chi connectivity index (χ2v) is 13.0. The number of aliphatic hydroxyl groups excluding tert-OH is 1. The van der Waals surface area contributed by atoms with Gasteiger partial charge in [0.1, 0.15) is 12.1 Å². The van der Waals surface area contributed by atoms with E-state index in [1.54, 1.807) is 10.9 Å². The highest BCUT2D eigenvalue weighted by Gasteiger charge is 2.45. The molecule has 4 N–H and O–H groups in total. The largest absolute Gasteiger partial charge is 0.391 e. The fraction of sp³-hybridized carbons (Fsp3) is 0.560. The lowest BCUT2D eigenvalue weighted by Crippen LogP contribution is -2.51. The first-order chi connectivity index (χ1) is 18.3.